The first kappa shape index (κ1) is 21.4. The highest BCUT2D eigenvalue weighted by atomic mass is 35.5. The molecule has 3 heterocycles. The molecule has 0 bridgehead atoms. The molecule has 1 aromatic heterocycles. The van der Waals surface area contributed by atoms with Gasteiger partial charge < -0.3 is 14.2 Å². The average molecular weight is 453 g/mol. The summed E-state index contributed by atoms with van der Waals surface area (Å²) in [5.41, 5.74) is 3.25. The van der Waals surface area contributed by atoms with Gasteiger partial charge in [-0.25, -0.2) is 4.98 Å². The molecule has 0 saturated carbocycles. The molecule has 0 unspecified atom stereocenters. The topological polar surface area (TPSA) is 50.6 Å². The van der Waals surface area contributed by atoms with Crippen LogP contribution in [0, 0.1) is 0 Å². The van der Waals surface area contributed by atoms with Crippen molar-refractivity contribution in [1.29, 1.82) is 0 Å². The minimum atomic E-state index is -0.237. The summed E-state index contributed by atoms with van der Waals surface area (Å²) in [5, 5.41) is 0.697. The van der Waals surface area contributed by atoms with Crippen molar-refractivity contribution in [1.82, 2.24) is 19.4 Å². The number of aromatic nitrogens is 2. The fourth-order valence-corrected chi connectivity index (χ4v) is 5.01. The van der Waals surface area contributed by atoms with Crippen LogP contribution in [0.1, 0.15) is 37.2 Å². The second-order valence-electron chi connectivity index (χ2n) is 8.71. The molecular formula is C25H29ClN4O2. The van der Waals surface area contributed by atoms with Crippen LogP contribution in [0.25, 0.3) is 11.0 Å². The van der Waals surface area contributed by atoms with Crippen LogP contribution < -0.4 is 0 Å². The van der Waals surface area contributed by atoms with E-state index < -0.39 is 0 Å². The highest BCUT2D eigenvalue weighted by Gasteiger charge is 2.32. The molecule has 2 aliphatic heterocycles. The standard InChI is InChI=1S/C25H29ClN4O2/c1-18(28-11-13-29(14-12-28)25(31)23-8-5-15-32-23)24-27-21-16-20(26)9-10-22(21)30(24)17-19-6-3-2-4-7-19/h2-4,6-7,9-10,16,18,23H,5,8,11-15,17H2,1H3/t18-,23-/m1/s1. The van der Waals surface area contributed by atoms with E-state index in [1.54, 1.807) is 0 Å². The SMILES string of the molecule is C[C@H](c1nc2cc(Cl)ccc2n1Cc1ccccc1)N1CCN(C(=O)[C@H]2CCCO2)CC1. The van der Waals surface area contributed by atoms with Gasteiger partial charge in [-0.2, -0.15) is 0 Å². The Morgan fingerprint density at radius 3 is 2.66 bits per heavy atom. The van der Waals surface area contributed by atoms with Crippen LogP contribution in [-0.4, -0.2) is 64.1 Å². The molecule has 32 heavy (non-hydrogen) atoms. The lowest BCUT2D eigenvalue weighted by Crippen LogP contribution is -2.52. The largest absolute Gasteiger partial charge is 0.368 e. The van der Waals surface area contributed by atoms with Gasteiger partial charge in [-0.05, 0) is 43.5 Å². The predicted octanol–water partition coefficient (Wildman–Crippen LogP) is 4.12. The maximum absolute atomic E-state index is 12.7. The molecule has 2 fully saturated rings. The zero-order valence-electron chi connectivity index (χ0n) is 18.4. The number of ether oxygens (including phenoxy) is 1. The molecule has 3 aromatic rings. The number of imidazole rings is 1. The van der Waals surface area contributed by atoms with Crippen LogP contribution in [0.4, 0.5) is 0 Å². The monoisotopic (exact) mass is 452 g/mol. The first-order chi connectivity index (χ1) is 15.6. The number of hydrogen-bond donors (Lipinski definition) is 0. The third-order valence-corrected chi connectivity index (χ3v) is 6.91. The third-order valence-electron chi connectivity index (χ3n) is 6.68. The van der Waals surface area contributed by atoms with Gasteiger partial charge in [0.15, 0.2) is 0 Å². The Hall–Kier alpha value is -2.41. The summed E-state index contributed by atoms with van der Waals surface area (Å²) in [4.78, 5) is 22.1. The normalized spacial score (nSPS) is 20.7. The van der Waals surface area contributed by atoms with Crippen LogP contribution in [0.2, 0.25) is 5.02 Å². The van der Waals surface area contributed by atoms with Crippen molar-refractivity contribution in [2.45, 2.75) is 38.5 Å². The molecule has 1 amide bonds. The third kappa shape index (κ3) is 4.27. The van der Waals surface area contributed by atoms with Gasteiger partial charge in [0.2, 0.25) is 0 Å². The van der Waals surface area contributed by atoms with E-state index in [0.717, 1.165) is 62.4 Å². The van der Waals surface area contributed by atoms with Crippen molar-refractivity contribution in [3.63, 3.8) is 0 Å². The van der Waals surface area contributed by atoms with Crippen LogP contribution in [0.15, 0.2) is 48.5 Å². The fraction of sp³-hybridized carbons (Fsp3) is 0.440. The molecule has 7 heteroatoms. The minimum Gasteiger partial charge on any atom is -0.368 e. The maximum atomic E-state index is 12.7. The molecule has 2 aliphatic rings. The number of piperazine rings is 1. The van der Waals surface area contributed by atoms with Crippen molar-refractivity contribution < 1.29 is 9.53 Å². The van der Waals surface area contributed by atoms with Gasteiger partial charge in [0.05, 0.1) is 17.1 Å². The zero-order chi connectivity index (χ0) is 22.1. The number of nitrogens with zero attached hydrogens (tertiary/aromatic N) is 4. The van der Waals surface area contributed by atoms with Gasteiger partial charge in [-0.3, -0.25) is 9.69 Å². The lowest BCUT2D eigenvalue weighted by molar-refractivity contribution is -0.143. The van der Waals surface area contributed by atoms with E-state index in [1.165, 1.54) is 5.56 Å². The van der Waals surface area contributed by atoms with Crippen molar-refractivity contribution >= 4 is 28.5 Å². The van der Waals surface area contributed by atoms with Crippen molar-refractivity contribution in [2.24, 2.45) is 0 Å². The molecule has 2 aromatic carbocycles. The molecule has 6 nitrogen and oxygen atoms in total. The number of rotatable bonds is 5. The Balaban J connectivity index is 1.36. The number of halogens is 1. The van der Waals surface area contributed by atoms with Crippen molar-refractivity contribution in [2.75, 3.05) is 32.8 Å². The Morgan fingerprint density at radius 1 is 1.16 bits per heavy atom. The van der Waals surface area contributed by atoms with Crippen LogP contribution in [0.3, 0.4) is 0 Å². The van der Waals surface area contributed by atoms with Gasteiger partial charge in [0.25, 0.3) is 5.91 Å². The zero-order valence-corrected chi connectivity index (χ0v) is 19.2. The summed E-state index contributed by atoms with van der Waals surface area (Å²) in [5.74, 6) is 1.19. The Kier molecular flexibility index (Phi) is 6.17. The molecule has 2 atom stereocenters. The maximum Gasteiger partial charge on any atom is 0.251 e. The smallest absolute Gasteiger partial charge is 0.251 e. The van der Waals surface area contributed by atoms with Crippen LogP contribution in [-0.2, 0) is 16.1 Å². The summed E-state index contributed by atoms with van der Waals surface area (Å²) < 4.78 is 7.90. The molecule has 0 aliphatic carbocycles. The summed E-state index contributed by atoms with van der Waals surface area (Å²) in [6, 6.07) is 16.5. The highest BCUT2D eigenvalue weighted by molar-refractivity contribution is 6.31. The minimum absolute atomic E-state index is 0.130. The Labute approximate surface area is 193 Å². The van der Waals surface area contributed by atoms with E-state index >= 15 is 0 Å². The number of benzene rings is 2. The van der Waals surface area contributed by atoms with E-state index in [1.807, 2.05) is 23.1 Å². The fourth-order valence-electron chi connectivity index (χ4n) is 4.84. The van der Waals surface area contributed by atoms with E-state index in [-0.39, 0.29) is 18.1 Å². The number of carbonyl (C=O) groups excluding carboxylic acids is 1. The summed E-state index contributed by atoms with van der Waals surface area (Å²) >= 11 is 6.26. The predicted molar refractivity (Wildman–Crippen MR) is 126 cm³/mol. The molecule has 0 N–H and O–H groups in total. The average Bonchev–Trinajstić information content (AvgIpc) is 3.47. The summed E-state index contributed by atoms with van der Waals surface area (Å²) in [6.45, 7) is 6.79. The van der Waals surface area contributed by atoms with Gasteiger partial charge in [0.1, 0.15) is 11.9 Å². The van der Waals surface area contributed by atoms with Gasteiger partial charge in [0, 0.05) is 44.4 Å². The molecule has 2 saturated heterocycles. The van der Waals surface area contributed by atoms with E-state index in [0.29, 0.717) is 11.6 Å². The summed E-state index contributed by atoms with van der Waals surface area (Å²) in [6.07, 6.45) is 1.59. The molecular weight excluding hydrogens is 424 g/mol. The van der Waals surface area contributed by atoms with Crippen LogP contribution >= 0.6 is 11.6 Å². The molecule has 0 spiro atoms. The molecule has 0 radical (unpaired) electrons. The van der Waals surface area contributed by atoms with Crippen LogP contribution in [0.5, 0.6) is 0 Å². The molecule has 5 rings (SSSR count). The Bertz CT molecular complexity index is 1090. The number of fused-ring (bicyclic) bond motifs is 1. The van der Waals surface area contributed by atoms with Crippen molar-refractivity contribution in [3.05, 3.63) is 64.9 Å². The summed E-state index contributed by atoms with van der Waals surface area (Å²) in [7, 11) is 0. The second kappa shape index (κ2) is 9.22. The Morgan fingerprint density at radius 2 is 1.94 bits per heavy atom. The number of amides is 1. The first-order valence-corrected chi connectivity index (χ1v) is 11.8. The lowest BCUT2D eigenvalue weighted by atomic mass is 10.1. The number of carbonyl (C=O) groups is 1. The van der Waals surface area contributed by atoms with E-state index in [9.17, 15) is 4.79 Å². The van der Waals surface area contributed by atoms with Gasteiger partial charge in [-0.1, -0.05) is 41.9 Å². The lowest BCUT2D eigenvalue weighted by Gasteiger charge is -2.38. The van der Waals surface area contributed by atoms with Gasteiger partial charge in [-0.15, -0.1) is 0 Å². The van der Waals surface area contributed by atoms with E-state index in [2.05, 4.69) is 46.7 Å². The molecule has 168 valence electrons. The highest BCUT2D eigenvalue weighted by Crippen LogP contribution is 2.28. The first-order valence-electron chi connectivity index (χ1n) is 11.4. The van der Waals surface area contributed by atoms with E-state index in [4.69, 9.17) is 21.3 Å². The van der Waals surface area contributed by atoms with Gasteiger partial charge >= 0.3 is 0 Å². The quantitative estimate of drug-likeness (QED) is 0.584. The van der Waals surface area contributed by atoms with Crippen molar-refractivity contribution in [3.8, 4) is 0 Å². The second-order valence-corrected chi connectivity index (χ2v) is 9.15. The number of hydrogen-bond acceptors (Lipinski definition) is 4.